The van der Waals surface area contributed by atoms with Gasteiger partial charge in [-0.25, -0.2) is 4.98 Å². The van der Waals surface area contributed by atoms with Crippen LogP contribution in [0.3, 0.4) is 0 Å². The zero-order chi connectivity index (χ0) is 13.8. The Morgan fingerprint density at radius 1 is 1.17 bits per heavy atom. The van der Waals surface area contributed by atoms with Gasteiger partial charge in [0.25, 0.3) is 0 Å². The van der Waals surface area contributed by atoms with Crippen LogP contribution in [0.1, 0.15) is 5.69 Å². The van der Waals surface area contributed by atoms with Gasteiger partial charge in [-0.2, -0.15) is 18.2 Å². The summed E-state index contributed by atoms with van der Waals surface area (Å²) >= 11 is 0. The molecule has 0 aliphatic carbocycles. The molecule has 0 fully saturated rings. The van der Waals surface area contributed by atoms with E-state index >= 15 is 0 Å². The molecule has 0 saturated heterocycles. The second-order valence-corrected chi connectivity index (χ2v) is 3.40. The van der Waals surface area contributed by atoms with Crippen molar-refractivity contribution in [1.29, 1.82) is 0 Å². The lowest BCUT2D eigenvalue weighted by atomic mass is 10.3. The molecule has 0 atom stereocenters. The summed E-state index contributed by atoms with van der Waals surface area (Å²) in [7, 11) is 0. The van der Waals surface area contributed by atoms with E-state index in [1.807, 2.05) is 0 Å². The van der Waals surface area contributed by atoms with E-state index in [2.05, 4.69) is 9.97 Å². The van der Waals surface area contributed by atoms with Crippen molar-refractivity contribution in [2.75, 3.05) is 36.9 Å². The van der Waals surface area contributed by atoms with Crippen molar-refractivity contribution in [3.05, 3.63) is 11.8 Å². The second kappa shape index (κ2) is 5.83. The van der Waals surface area contributed by atoms with E-state index in [1.54, 1.807) is 0 Å². The molecule has 0 spiro atoms. The van der Waals surface area contributed by atoms with Crippen LogP contribution in [0.4, 0.5) is 24.9 Å². The maximum atomic E-state index is 12.5. The smallest absolute Gasteiger partial charge is 0.395 e. The number of aliphatic hydroxyl groups is 2. The third-order valence-corrected chi connectivity index (χ3v) is 2.08. The van der Waals surface area contributed by atoms with Crippen LogP contribution in [0.15, 0.2) is 6.07 Å². The van der Waals surface area contributed by atoms with Gasteiger partial charge in [0.15, 0.2) is 5.69 Å². The van der Waals surface area contributed by atoms with E-state index in [-0.39, 0.29) is 32.1 Å². The molecule has 1 aromatic heterocycles. The molecule has 0 bridgehead atoms. The molecule has 1 heterocycles. The van der Waals surface area contributed by atoms with Crippen LogP contribution in [-0.2, 0) is 6.18 Å². The standard InChI is InChI=1S/C9H13F3N4O2/c10-9(11,12)6-5-7(15-8(13)14-6)16(1-3-17)2-4-18/h5,17-18H,1-4H2,(H2,13,14,15). The summed E-state index contributed by atoms with van der Waals surface area (Å²) in [6.45, 7) is -0.501. The molecule has 1 aromatic rings. The minimum atomic E-state index is -4.63. The molecule has 0 aromatic carbocycles. The quantitative estimate of drug-likeness (QED) is 0.687. The fourth-order valence-corrected chi connectivity index (χ4v) is 1.34. The predicted molar refractivity (Wildman–Crippen MR) is 57.8 cm³/mol. The Bertz CT molecular complexity index is 394. The minimum Gasteiger partial charge on any atom is -0.395 e. The number of nitrogens with two attached hydrogens (primary N) is 1. The number of alkyl halides is 3. The molecule has 0 saturated carbocycles. The molecular formula is C9H13F3N4O2. The molecule has 0 unspecified atom stereocenters. The number of hydrogen-bond acceptors (Lipinski definition) is 6. The zero-order valence-electron chi connectivity index (χ0n) is 9.35. The van der Waals surface area contributed by atoms with Gasteiger partial charge in [-0.15, -0.1) is 0 Å². The van der Waals surface area contributed by atoms with Crippen LogP contribution >= 0.6 is 0 Å². The first-order chi connectivity index (χ1) is 8.38. The van der Waals surface area contributed by atoms with Gasteiger partial charge in [-0.3, -0.25) is 0 Å². The second-order valence-electron chi connectivity index (χ2n) is 3.40. The average molecular weight is 266 g/mol. The van der Waals surface area contributed by atoms with Crippen LogP contribution < -0.4 is 10.6 Å². The number of halogens is 3. The number of aliphatic hydroxyl groups excluding tert-OH is 2. The van der Waals surface area contributed by atoms with Gasteiger partial charge in [0.05, 0.1) is 13.2 Å². The molecule has 0 radical (unpaired) electrons. The van der Waals surface area contributed by atoms with Gasteiger partial charge in [0, 0.05) is 19.2 Å². The van der Waals surface area contributed by atoms with E-state index in [0.29, 0.717) is 0 Å². The average Bonchev–Trinajstić information content (AvgIpc) is 2.27. The predicted octanol–water partition coefficient (Wildman–Crippen LogP) is -0.131. The summed E-state index contributed by atoms with van der Waals surface area (Å²) in [6, 6.07) is 0.724. The Hall–Kier alpha value is -1.61. The van der Waals surface area contributed by atoms with Gasteiger partial charge in [0.2, 0.25) is 5.95 Å². The first kappa shape index (κ1) is 14.5. The largest absolute Gasteiger partial charge is 0.433 e. The van der Waals surface area contributed by atoms with Crippen molar-refractivity contribution >= 4 is 11.8 Å². The van der Waals surface area contributed by atoms with Gasteiger partial charge in [-0.1, -0.05) is 0 Å². The lowest BCUT2D eigenvalue weighted by Crippen LogP contribution is -2.31. The summed E-state index contributed by atoms with van der Waals surface area (Å²) < 4.78 is 37.6. The Balaban J connectivity index is 3.10. The Labute approximate surface area is 101 Å². The van der Waals surface area contributed by atoms with E-state index < -0.39 is 17.8 Å². The molecule has 102 valence electrons. The molecule has 0 aliphatic rings. The summed E-state index contributed by atoms with van der Waals surface area (Å²) in [5.74, 6) is -0.598. The number of hydrogen-bond donors (Lipinski definition) is 3. The fourth-order valence-electron chi connectivity index (χ4n) is 1.34. The molecular weight excluding hydrogens is 253 g/mol. The molecule has 18 heavy (non-hydrogen) atoms. The van der Waals surface area contributed by atoms with Crippen molar-refractivity contribution < 1.29 is 23.4 Å². The van der Waals surface area contributed by atoms with Gasteiger partial charge < -0.3 is 20.8 Å². The van der Waals surface area contributed by atoms with Crippen molar-refractivity contribution in [2.45, 2.75) is 6.18 Å². The molecule has 0 aliphatic heterocycles. The summed E-state index contributed by atoms with van der Waals surface area (Å²) in [6.07, 6.45) is -4.63. The summed E-state index contributed by atoms with van der Waals surface area (Å²) in [4.78, 5) is 8.04. The number of rotatable bonds is 5. The lowest BCUT2D eigenvalue weighted by molar-refractivity contribution is -0.141. The Kier molecular flexibility index (Phi) is 4.68. The highest BCUT2D eigenvalue weighted by Gasteiger charge is 2.34. The normalized spacial score (nSPS) is 11.6. The van der Waals surface area contributed by atoms with E-state index in [0.717, 1.165) is 6.07 Å². The SMILES string of the molecule is Nc1nc(N(CCO)CCO)cc(C(F)(F)F)n1. The third kappa shape index (κ3) is 3.70. The van der Waals surface area contributed by atoms with Gasteiger partial charge in [0.1, 0.15) is 5.82 Å². The fraction of sp³-hybridized carbons (Fsp3) is 0.556. The monoisotopic (exact) mass is 266 g/mol. The maximum Gasteiger partial charge on any atom is 0.433 e. The van der Waals surface area contributed by atoms with Crippen molar-refractivity contribution in [3.8, 4) is 0 Å². The highest BCUT2D eigenvalue weighted by atomic mass is 19.4. The van der Waals surface area contributed by atoms with Crippen molar-refractivity contribution in [1.82, 2.24) is 9.97 Å². The molecule has 0 amide bonds. The minimum absolute atomic E-state index is 0.0360. The van der Waals surface area contributed by atoms with E-state index in [1.165, 1.54) is 4.90 Å². The highest BCUT2D eigenvalue weighted by Crippen LogP contribution is 2.29. The number of nitrogen functional groups attached to an aromatic ring is 1. The third-order valence-electron chi connectivity index (χ3n) is 2.08. The Morgan fingerprint density at radius 2 is 1.72 bits per heavy atom. The lowest BCUT2D eigenvalue weighted by Gasteiger charge is -2.22. The topological polar surface area (TPSA) is 95.5 Å². The first-order valence-corrected chi connectivity index (χ1v) is 5.07. The maximum absolute atomic E-state index is 12.5. The molecule has 9 heteroatoms. The van der Waals surface area contributed by atoms with Gasteiger partial charge in [-0.05, 0) is 0 Å². The van der Waals surface area contributed by atoms with Crippen LogP contribution in [0, 0.1) is 0 Å². The summed E-state index contributed by atoms with van der Waals surface area (Å²) in [5, 5.41) is 17.6. The Morgan fingerprint density at radius 3 is 2.17 bits per heavy atom. The van der Waals surface area contributed by atoms with E-state index in [4.69, 9.17) is 15.9 Å². The van der Waals surface area contributed by atoms with Crippen LogP contribution in [0.2, 0.25) is 0 Å². The first-order valence-electron chi connectivity index (χ1n) is 5.07. The number of anilines is 2. The number of aromatic nitrogens is 2. The van der Waals surface area contributed by atoms with Crippen molar-refractivity contribution in [2.24, 2.45) is 0 Å². The molecule has 6 nitrogen and oxygen atoms in total. The zero-order valence-corrected chi connectivity index (χ0v) is 9.35. The van der Waals surface area contributed by atoms with Crippen molar-refractivity contribution in [3.63, 3.8) is 0 Å². The summed E-state index contributed by atoms with van der Waals surface area (Å²) in [5.41, 5.74) is 4.05. The van der Waals surface area contributed by atoms with Crippen LogP contribution in [0.25, 0.3) is 0 Å². The number of nitrogens with zero attached hydrogens (tertiary/aromatic N) is 3. The molecule has 1 rings (SSSR count). The van der Waals surface area contributed by atoms with Gasteiger partial charge >= 0.3 is 6.18 Å². The van der Waals surface area contributed by atoms with E-state index in [9.17, 15) is 13.2 Å². The van der Waals surface area contributed by atoms with Crippen LogP contribution in [-0.4, -0.2) is 46.5 Å². The molecule has 4 N–H and O–H groups in total. The van der Waals surface area contributed by atoms with Crippen LogP contribution in [0.5, 0.6) is 0 Å². The highest BCUT2D eigenvalue weighted by molar-refractivity contribution is 5.44.